The summed E-state index contributed by atoms with van der Waals surface area (Å²) in [6, 6.07) is 9.36. The van der Waals surface area contributed by atoms with Gasteiger partial charge < -0.3 is 14.8 Å². The fourth-order valence-corrected chi connectivity index (χ4v) is 2.80. The van der Waals surface area contributed by atoms with Gasteiger partial charge in [-0.15, -0.1) is 11.8 Å². The number of methoxy groups -OCH3 is 1. The Kier molecular flexibility index (Phi) is 7.94. The molecule has 0 aliphatic heterocycles. The fourth-order valence-electron chi connectivity index (χ4n) is 2.04. The molecule has 6 nitrogen and oxygen atoms in total. The molecule has 2 rings (SSSR count). The molecule has 0 aliphatic carbocycles. The molecule has 0 atom stereocenters. The molecule has 0 aliphatic rings. The van der Waals surface area contributed by atoms with Gasteiger partial charge in [0.15, 0.2) is 6.61 Å². The molecule has 0 unspecified atom stereocenters. The van der Waals surface area contributed by atoms with Crippen molar-refractivity contribution in [2.45, 2.75) is 11.4 Å². The Morgan fingerprint density at radius 1 is 1.07 bits per heavy atom. The first-order chi connectivity index (χ1) is 13.4. The summed E-state index contributed by atoms with van der Waals surface area (Å²) in [4.78, 5) is 34.7. The first kappa shape index (κ1) is 21.4. The Balaban J connectivity index is 1.71. The summed E-state index contributed by atoms with van der Waals surface area (Å²) < 4.78 is 35.9. The largest absolute Gasteiger partial charge is 0.465 e. The number of hydrogen-bond acceptors (Lipinski definition) is 6. The minimum Gasteiger partial charge on any atom is -0.465 e. The van der Waals surface area contributed by atoms with Crippen molar-refractivity contribution in [2.75, 3.05) is 19.5 Å². The van der Waals surface area contributed by atoms with Crippen LogP contribution in [0, 0.1) is 11.6 Å². The lowest BCUT2D eigenvalue weighted by Crippen LogP contribution is -2.28. The molecule has 148 valence electrons. The molecule has 0 fully saturated rings. The predicted octanol–water partition coefficient (Wildman–Crippen LogP) is 2.70. The van der Waals surface area contributed by atoms with Crippen LogP contribution in [-0.2, 0) is 25.6 Å². The molecule has 28 heavy (non-hydrogen) atoms. The van der Waals surface area contributed by atoms with E-state index in [1.54, 1.807) is 24.3 Å². The fraction of sp³-hybridized carbons (Fsp3) is 0.211. The number of ether oxygens (including phenoxy) is 2. The van der Waals surface area contributed by atoms with Crippen LogP contribution in [0.15, 0.2) is 47.4 Å². The molecule has 0 aromatic heterocycles. The minimum atomic E-state index is -0.730. The highest BCUT2D eigenvalue weighted by Gasteiger charge is 2.11. The summed E-state index contributed by atoms with van der Waals surface area (Å²) in [6.45, 7) is -0.313. The van der Waals surface area contributed by atoms with Crippen LogP contribution in [0.1, 0.15) is 15.9 Å². The molecule has 1 N–H and O–H groups in total. The number of hydrogen-bond donors (Lipinski definition) is 1. The molecule has 9 heteroatoms. The molecule has 0 heterocycles. The van der Waals surface area contributed by atoms with Gasteiger partial charge in [0.2, 0.25) is 0 Å². The lowest BCUT2D eigenvalue weighted by Gasteiger charge is -2.08. The van der Waals surface area contributed by atoms with E-state index >= 15 is 0 Å². The third-order valence-corrected chi connectivity index (χ3v) is 4.47. The summed E-state index contributed by atoms with van der Waals surface area (Å²) in [5.41, 5.74) is 1.13. The molecule has 0 saturated carbocycles. The molecular formula is C19H17F2NO5S. The zero-order chi connectivity index (χ0) is 20.5. The van der Waals surface area contributed by atoms with E-state index in [0.717, 1.165) is 35.5 Å². The molecular weight excluding hydrogens is 392 g/mol. The Morgan fingerprint density at radius 2 is 1.79 bits per heavy atom. The average molecular weight is 409 g/mol. The molecule has 0 radical (unpaired) electrons. The maximum Gasteiger partial charge on any atom is 0.337 e. The van der Waals surface area contributed by atoms with Crippen LogP contribution in [-0.4, -0.2) is 37.3 Å². The molecule has 2 aromatic carbocycles. The number of carbonyl (C=O) groups excluding carboxylic acids is 3. The molecule has 0 bridgehead atoms. The van der Waals surface area contributed by atoms with E-state index in [2.05, 4.69) is 10.1 Å². The second kappa shape index (κ2) is 10.4. The van der Waals surface area contributed by atoms with Gasteiger partial charge in [0, 0.05) is 11.4 Å². The van der Waals surface area contributed by atoms with E-state index in [4.69, 9.17) is 4.74 Å². The minimum absolute atomic E-state index is 0.0168. The van der Waals surface area contributed by atoms with Crippen LogP contribution in [0.3, 0.4) is 0 Å². The van der Waals surface area contributed by atoms with Crippen LogP contribution >= 0.6 is 11.8 Å². The van der Waals surface area contributed by atoms with Crippen LogP contribution in [0.2, 0.25) is 0 Å². The molecule has 2 aromatic rings. The van der Waals surface area contributed by atoms with Crippen molar-refractivity contribution in [1.29, 1.82) is 0 Å². The van der Waals surface area contributed by atoms with Crippen molar-refractivity contribution in [3.05, 3.63) is 65.2 Å². The first-order valence-electron chi connectivity index (χ1n) is 8.06. The Morgan fingerprint density at radius 3 is 2.46 bits per heavy atom. The number of rotatable bonds is 8. The van der Waals surface area contributed by atoms with Crippen molar-refractivity contribution in [3.63, 3.8) is 0 Å². The number of nitrogens with one attached hydrogen (secondary N) is 1. The Bertz CT molecular complexity index is 858. The van der Waals surface area contributed by atoms with Gasteiger partial charge in [-0.25, -0.2) is 13.6 Å². The monoisotopic (exact) mass is 409 g/mol. The topological polar surface area (TPSA) is 81.7 Å². The van der Waals surface area contributed by atoms with Gasteiger partial charge in [-0.3, -0.25) is 9.59 Å². The van der Waals surface area contributed by atoms with Gasteiger partial charge >= 0.3 is 11.9 Å². The Hall–Kier alpha value is -2.94. The number of halogens is 2. The van der Waals surface area contributed by atoms with Gasteiger partial charge in [0.25, 0.3) is 5.91 Å². The maximum absolute atomic E-state index is 13.5. The summed E-state index contributed by atoms with van der Waals surface area (Å²) in [6.07, 6.45) is 0. The second-order valence-corrected chi connectivity index (χ2v) is 6.51. The van der Waals surface area contributed by atoms with Crippen molar-refractivity contribution < 1.29 is 32.6 Å². The third kappa shape index (κ3) is 6.66. The molecule has 0 saturated heterocycles. The number of thioether (sulfide) groups is 1. The highest BCUT2D eigenvalue weighted by Crippen LogP contribution is 2.22. The summed E-state index contributed by atoms with van der Waals surface area (Å²) in [7, 11) is 1.28. The lowest BCUT2D eigenvalue weighted by molar-refractivity contribution is -0.145. The highest BCUT2D eigenvalue weighted by molar-refractivity contribution is 8.00. The second-order valence-electron chi connectivity index (χ2n) is 5.49. The maximum atomic E-state index is 13.5. The van der Waals surface area contributed by atoms with Gasteiger partial charge in [0.05, 0.1) is 18.4 Å². The molecule has 0 spiro atoms. The lowest BCUT2D eigenvalue weighted by atomic mass is 10.1. The molecule has 1 amide bonds. The van der Waals surface area contributed by atoms with Crippen LogP contribution < -0.4 is 5.32 Å². The Labute approximate surface area is 164 Å². The first-order valence-corrected chi connectivity index (χ1v) is 9.05. The van der Waals surface area contributed by atoms with E-state index in [9.17, 15) is 23.2 Å². The van der Waals surface area contributed by atoms with Crippen LogP contribution in [0.25, 0.3) is 0 Å². The van der Waals surface area contributed by atoms with Crippen LogP contribution in [0.4, 0.5) is 8.78 Å². The van der Waals surface area contributed by atoms with Crippen molar-refractivity contribution in [3.8, 4) is 0 Å². The smallest absolute Gasteiger partial charge is 0.337 e. The van der Waals surface area contributed by atoms with E-state index in [1.165, 1.54) is 7.11 Å². The SMILES string of the molecule is COC(=O)c1ccc(CNC(=O)COC(=O)CSc2cc(F)ccc2F)cc1. The standard InChI is InChI=1S/C19H17F2NO5S/c1-26-19(25)13-4-2-12(3-5-13)9-22-17(23)10-27-18(24)11-28-16-8-14(20)6-7-15(16)21/h2-8H,9-11H2,1H3,(H,22,23). The van der Waals surface area contributed by atoms with E-state index < -0.39 is 36.1 Å². The van der Waals surface area contributed by atoms with E-state index in [1.807, 2.05) is 0 Å². The van der Waals surface area contributed by atoms with Crippen molar-refractivity contribution in [1.82, 2.24) is 5.32 Å². The average Bonchev–Trinajstić information content (AvgIpc) is 2.71. The van der Waals surface area contributed by atoms with Gasteiger partial charge in [0.1, 0.15) is 11.6 Å². The number of benzene rings is 2. The highest BCUT2D eigenvalue weighted by atomic mass is 32.2. The van der Waals surface area contributed by atoms with Gasteiger partial charge in [-0.1, -0.05) is 12.1 Å². The zero-order valence-corrected chi connectivity index (χ0v) is 15.7. The summed E-state index contributed by atoms with van der Waals surface area (Å²) >= 11 is 0.778. The normalized spacial score (nSPS) is 10.2. The van der Waals surface area contributed by atoms with Crippen LogP contribution in [0.5, 0.6) is 0 Å². The summed E-state index contributed by atoms with van der Waals surface area (Å²) in [5, 5.41) is 2.56. The predicted molar refractivity (Wildman–Crippen MR) is 97.7 cm³/mol. The van der Waals surface area contributed by atoms with Gasteiger partial charge in [-0.2, -0.15) is 0 Å². The van der Waals surface area contributed by atoms with Gasteiger partial charge in [-0.05, 0) is 35.9 Å². The number of amides is 1. The number of carbonyl (C=O) groups is 3. The van der Waals surface area contributed by atoms with Crippen molar-refractivity contribution >= 4 is 29.6 Å². The van der Waals surface area contributed by atoms with E-state index in [0.29, 0.717) is 5.56 Å². The quantitative estimate of drug-likeness (QED) is 0.533. The van der Waals surface area contributed by atoms with Crippen molar-refractivity contribution in [2.24, 2.45) is 0 Å². The zero-order valence-electron chi connectivity index (χ0n) is 14.9. The number of esters is 2. The van der Waals surface area contributed by atoms with E-state index in [-0.39, 0.29) is 17.2 Å². The summed E-state index contributed by atoms with van der Waals surface area (Å²) in [5.74, 6) is -3.23. The third-order valence-electron chi connectivity index (χ3n) is 3.47.